The maximum Gasteiger partial charge on any atom is 0.251 e. The molecule has 4 rings (SSSR count). The Hall–Kier alpha value is -3.12. The lowest BCUT2D eigenvalue weighted by Gasteiger charge is -2.35. The van der Waals surface area contributed by atoms with E-state index in [2.05, 4.69) is 35.4 Å². The summed E-state index contributed by atoms with van der Waals surface area (Å²) in [5, 5.41) is 6.49. The quantitative estimate of drug-likeness (QED) is 0.481. The fourth-order valence-corrected chi connectivity index (χ4v) is 4.79. The topological polar surface area (TPSA) is 70.7 Å². The lowest BCUT2D eigenvalue weighted by molar-refractivity contribution is 0.0946. The normalized spacial score (nSPS) is 18.6. The number of hydrogen-bond acceptors (Lipinski definition) is 5. The number of hydrogen-bond donors (Lipinski definition) is 2. The van der Waals surface area contributed by atoms with E-state index in [1.54, 1.807) is 37.5 Å². The fraction of sp³-hybridized carbons (Fsp3) is 0.429. The maximum absolute atomic E-state index is 13.2. The van der Waals surface area contributed by atoms with E-state index < -0.39 is 0 Å². The lowest BCUT2D eigenvalue weighted by Crippen LogP contribution is -2.43. The number of nitrogens with zero attached hydrogens (tertiary/aromatic N) is 1. The van der Waals surface area contributed by atoms with Crippen molar-refractivity contribution in [3.05, 3.63) is 70.8 Å². The van der Waals surface area contributed by atoms with Gasteiger partial charge in [0, 0.05) is 47.1 Å². The number of fused-ring (bicyclic) bond motifs is 1. The van der Waals surface area contributed by atoms with Crippen LogP contribution in [0.25, 0.3) is 5.70 Å². The molecule has 6 heteroatoms. The molecule has 0 aromatic heterocycles. The highest BCUT2D eigenvalue weighted by Crippen LogP contribution is 2.32. The minimum absolute atomic E-state index is 0.142. The van der Waals surface area contributed by atoms with E-state index in [0.29, 0.717) is 17.7 Å². The maximum atomic E-state index is 13.2. The van der Waals surface area contributed by atoms with Crippen molar-refractivity contribution >= 4 is 17.4 Å². The second kappa shape index (κ2) is 10.4. The van der Waals surface area contributed by atoms with Crippen molar-refractivity contribution in [2.24, 2.45) is 0 Å². The molecule has 1 amide bonds. The van der Waals surface area contributed by atoms with Crippen molar-refractivity contribution < 1.29 is 14.3 Å². The summed E-state index contributed by atoms with van der Waals surface area (Å²) in [6.07, 6.45) is 6.25. The Labute approximate surface area is 202 Å². The number of ether oxygens (including phenoxy) is 1. The number of carbonyl (C=O) groups excluding carboxylic acids is 2. The van der Waals surface area contributed by atoms with Crippen molar-refractivity contribution in [2.45, 2.75) is 45.1 Å². The van der Waals surface area contributed by atoms with Crippen LogP contribution in [-0.4, -0.2) is 55.4 Å². The van der Waals surface area contributed by atoms with E-state index in [1.807, 2.05) is 12.1 Å². The van der Waals surface area contributed by atoms with E-state index in [0.717, 1.165) is 43.1 Å². The van der Waals surface area contributed by atoms with Gasteiger partial charge in [-0.3, -0.25) is 9.59 Å². The molecule has 1 saturated heterocycles. The van der Waals surface area contributed by atoms with Gasteiger partial charge in [-0.05, 0) is 76.0 Å². The highest BCUT2D eigenvalue weighted by molar-refractivity contribution is 6.10. The first-order chi connectivity index (χ1) is 16.3. The molecule has 0 saturated carbocycles. The molecule has 2 heterocycles. The molecule has 2 aliphatic rings. The third-order valence-corrected chi connectivity index (χ3v) is 6.56. The van der Waals surface area contributed by atoms with E-state index >= 15 is 0 Å². The zero-order valence-corrected chi connectivity index (χ0v) is 20.4. The van der Waals surface area contributed by atoms with Crippen LogP contribution in [0.1, 0.15) is 65.0 Å². The van der Waals surface area contributed by atoms with Crippen molar-refractivity contribution in [3.8, 4) is 5.75 Å². The minimum atomic E-state index is -0.177. The molecule has 2 aromatic carbocycles. The van der Waals surface area contributed by atoms with Gasteiger partial charge in [0.05, 0.1) is 7.11 Å². The molecule has 2 N–H and O–H groups in total. The summed E-state index contributed by atoms with van der Waals surface area (Å²) in [5.74, 6) is 0.463. The number of benzene rings is 2. The van der Waals surface area contributed by atoms with Crippen molar-refractivity contribution in [1.29, 1.82) is 0 Å². The number of piperidine rings is 1. The van der Waals surface area contributed by atoms with Crippen LogP contribution in [0.4, 0.5) is 0 Å². The summed E-state index contributed by atoms with van der Waals surface area (Å²) < 4.78 is 5.40. The second-order valence-electron chi connectivity index (χ2n) is 9.87. The van der Waals surface area contributed by atoms with Crippen LogP contribution >= 0.6 is 0 Å². The van der Waals surface area contributed by atoms with E-state index in [-0.39, 0.29) is 17.2 Å². The number of methoxy groups -OCH3 is 1. The number of ketones is 1. The van der Waals surface area contributed by atoms with Crippen LogP contribution in [-0.2, 0) is 6.42 Å². The molecule has 2 aliphatic heterocycles. The van der Waals surface area contributed by atoms with Gasteiger partial charge in [-0.15, -0.1) is 0 Å². The van der Waals surface area contributed by atoms with Gasteiger partial charge in [0.15, 0.2) is 5.78 Å². The zero-order valence-electron chi connectivity index (χ0n) is 20.4. The van der Waals surface area contributed by atoms with Crippen LogP contribution in [0.2, 0.25) is 0 Å². The first-order valence-corrected chi connectivity index (χ1v) is 12.2. The van der Waals surface area contributed by atoms with E-state index in [9.17, 15) is 9.59 Å². The van der Waals surface area contributed by atoms with Crippen molar-refractivity contribution in [2.75, 3.05) is 33.3 Å². The van der Waals surface area contributed by atoms with Gasteiger partial charge < -0.3 is 20.3 Å². The number of carbonyl (C=O) groups is 2. The van der Waals surface area contributed by atoms with Crippen LogP contribution in [0.5, 0.6) is 5.75 Å². The van der Waals surface area contributed by atoms with Gasteiger partial charge in [-0.25, -0.2) is 0 Å². The first-order valence-electron chi connectivity index (χ1n) is 12.2. The van der Waals surface area contributed by atoms with Crippen LogP contribution in [0, 0.1) is 0 Å². The molecule has 0 atom stereocenters. The summed E-state index contributed by atoms with van der Waals surface area (Å²) in [5.41, 5.74) is 3.73. The van der Waals surface area contributed by atoms with Crippen molar-refractivity contribution in [1.82, 2.24) is 15.5 Å². The number of allylic oxidation sites excluding steroid dienone is 1. The number of nitrogens with one attached hydrogen (secondary N) is 2. The molecule has 0 bridgehead atoms. The van der Waals surface area contributed by atoms with Gasteiger partial charge in [-0.1, -0.05) is 24.6 Å². The number of amides is 1. The molecule has 0 radical (unpaired) electrons. The molecule has 0 unspecified atom stereocenters. The monoisotopic (exact) mass is 461 g/mol. The summed E-state index contributed by atoms with van der Waals surface area (Å²) in [7, 11) is 1.64. The largest absolute Gasteiger partial charge is 0.497 e. The molecule has 6 nitrogen and oxygen atoms in total. The van der Waals surface area contributed by atoms with Gasteiger partial charge in [0.25, 0.3) is 5.91 Å². The number of likely N-dealkylation sites (tertiary alicyclic amines) is 1. The summed E-state index contributed by atoms with van der Waals surface area (Å²) in [4.78, 5) is 28.3. The number of rotatable bonds is 7. The standard InChI is InChI=1S/C28H35N3O3/c1-28(2)19-22-10-11-23(34-3)17-24(22)25(30-28)18-26(32)20-8-7-9-21(16-20)27(33)29-12-15-31-13-5-4-6-14-31/h7-11,16-18,30H,4-6,12-15,19H2,1-3H3,(H,29,33). The minimum Gasteiger partial charge on any atom is -0.497 e. The Kier molecular flexibility index (Phi) is 7.37. The molecule has 0 spiro atoms. The molecule has 34 heavy (non-hydrogen) atoms. The highest BCUT2D eigenvalue weighted by Gasteiger charge is 2.28. The first kappa shape index (κ1) is 24.0. The summed E-state index contributed by atoms with van der Waals surface area (Å²) in [6.45, 7) is 7.92. The Morgan fingerprint density at radius 1 is 1.09 bits per heavy atom. The van der Waals surface area contributed by atoms with E-state index in [1.165, 1.54) is 24.8 Å². The van der Waals surface area contributed by atoms with Crippen LogP contribution < -0.4 is 15.4 Å². The Bertz CT molecular complexity index is 1080. The van der Waals surface area contributed by atoms with E-state index in [4.69, 9.17) is 4.74 Å². The fourth-order valence-electron chi connectivity index (χ4n) is 4.79. The Morgan fingerprint density at radius 2 is 1.85 bits per heavy atom. The van der Waals surface area contributed by atoms with Gasteiger partial charge in [0.1, 0.15) is 5.75 Å². The van der Waals surface area contributed by atoms with Gasteiger partial charge in [0.2, 0.25) is 0 Å². The Balaban J connectivity index is 1.48. The third kappa shape index (κ3) is 5.86. The lowest BCUT2D eigenvalue weighted by atomic mass is 9.85. The van der Waals surface area contributed by atoms with Crippen LogP contribution in [0.15, 0.2) is 48.5 Å². The Morgan fingerprint density at radius 3 is 2.62 bits per heavy atom. The molecular formula is C28H35N3O3. The second-order valence-corrected chi connectivity index (χ2v) is 9.87. The zero-order chi connectivity index (χ0) is 24.1. The molecule has 2 aromatic rings. The highest BCUT2D eigenvalue weighted by atomic mass is 16.5. The van der Waals surface area contributed by atoms with Crippen LogP contribution in [0.3, 0.4) is 0 Å². The molecule has 0 aliphatic carbocycles. The molecular weight excluding hydrogens is 426 g/mol. The average molecular weight is 462 g/mol. The van der Waals surface area contributed by atoms with Crippen molar-refractivity contribution in [3.63, 3.8) is 0 Å². The SMILES string of the molecule is COc1ccc2c(c1)C(=CC(=O)c1cccc(C(=O)NCCN3CCCCC3)c1)NC(C)(C)C2. The third-order valence-electron chi connectivity index (χ3n) is 6.56. The smallest absolute Gasteiger partial charge is 0.251 e. The van der Waals surface area contributed by atoms with Gasteiger partial charge >= 0.3 is 0 Å². The molecule has 180 valence electrons. The molecule has 1 fully saturated rings. The summed E-state index contributed by atoms with van der Waals surface area (Å²) >= 11 is 0. The predicted molar refractivity (Wildman–Crippen MR) is 135 cm³/mol. The van der Waals surface area contributed by atoms with Gasteiger partial charge in [-0.2, -0.15) is 0 Å². The average Bonchev–Trinajstić information content (AvgIpc) is 2.84. The summed E-state index contributed by atoms with van der Waals surface area (Å²) in [6, 6.07) is 12.9. The predicted octanol–water partition coefficient (Wildman–Crippen LogP) is 4.06.